The van der Waals surface area contributed by atoms with Crippen LogP contribution in [0.5, 0.6) is 5.75 Å². The van der Waals surface area contributed by atoms with Crippen LogP contribution in [0.25, 0.3) is 10.9 Å². The number of aromatic hydroxyl groups is 1. The minimum atomic E-state index is -0.0935. The van der Waals surface area contributed by atoms with E-state index in [1.807, 2.05) is 77.8 Å². The third-order valence-corrected chi connectivity index (χ3v) is 5.18. The summed E-state index contributed by atoms with van der Waals surface area (Å²) in [6.07, 6.45) is 2.42. The number of phenols is 1. The molecule has 0 bridgehead atoms. The molecule has 0 spiro atoms. The monoisotopic (exact) mass is 365 g/mol. The number of hydrazone groups is 1. The van der Waals surface area contributed by atoms with Crippen LogP contribution in [-0.4, -0.2) is 15.8 Å². The van der Waals surface area contributed by atoms with Crippen LogP contribution in [0.3, 0.4) is 0 Å². The minimum absolute atomic E-state index is 0.0935. The summed E-state index contributed by atoms with van der Waals surface area (Å²) in [6, 6.07) is 28.0. The molecular weight excluding hydrogens is 346 g/mol. The lowest BCUT2D eigenvalue weighted by Crippen LogP contribution is -2.18. The molecular formula is C24H19N3O. The van der Waals surface area contributed by atoms with Gasteiger partial charge in [-0.2, -0.15) is 5.10 Å². The van der Waals surface area contributed by atoms with Crippen molar-refractivity contribution >= 4 is 22.3 Å². The Labute approximate surface area is 163 Å². The summed E-state index contributed by atoms with van der Waals surface area (Å²) in [5.41, 5.74) is 4.57. The molecule has 0 aliphatic carbocycles. The van der Waals surface area contributed by atoms with Gasteiger partial charge in [0.2, 0.25) is 0 Å². The van der Waals surface area contributed by atoms with Crippen LogP contribution >= 0.6 is 0 Å². The van der Waals surface area contributed by atoms with Crippen LogP contribution in [0.1, 0.15) is 23.6 Å². The molecule has 136 valence electrons. The van der Waals surface area contributed by atoms with Gasteiger partial charge in [0.25, 0.3) is 0 Å². The number of pyridine rings is 1. The number of phenolic OH excluding ortho intramolecular Hbond substituents is 1. The predicted molar refractivity (Wildman–Crippen MR) is 113 cm³/mol. The van der Waals surface area contributed by atoms with Gasteiger partial charge in [-0.3, -0.25) is 9.99 Å². The fraction of sp³-hybridized carbons (Fsp3) is 0.0833. The molecule has 0 saturated heterocycles. The normalized spacial score (nSPS) is 16.4. The molecule has 1 N–H and O–H groups in total. The Kier molecular flexibility index (Phi) is 4.02. The zero-order chi connectivity index (χ0) is 18.9. The number of rotatable bonds is 3. The highest BCUT2D eigenvalue weighted by Gasteiger charge is 2.32. The number of nitrogens with zero attached hydrogens (tertiary/aromatic N) is 3. The van der Waals surface area contributed by atoms with Gasteiger partial charge in [0.15, 0.2) is 0 Å². The number of para-hydroxylation sites is 1. The van der Waals surface area contributed by atoms with Crippen molar-refractivity contribution in [1.82, 2.24) is 4.98 Å². The van der Waals surface area contributed by atoms with Crippen LogP contribution in [0.15, 0.2) is 96.2 Å². The highest BCUT2D eigenvalue weighted by Crippen LogP contribution is 2.41. The SMILES string of the molecule is Oc1c([C@@H]2CC(c3ccccc3)=NN2c2ccccc2)ccc2cccnc12. The summed E-state index contributed by atoms with van der Waals surface area (Å²) in [5, 5.41) is 18.9. The minimum Gasteiger partial charge on any atom is -0.505 e. The fourth-order valence-electron chi connectivity index (χ4n) is 3.79. The molecule has 28 heavy (non-hydrogen) atoms. The molecule has 3 aromatic carbocycles. The molecule has 4 nitrogen and oxygen atoms in total. The standard InChI is InChI=1S/C24H19N3O/c28-24-20(14-13-18-10-7-15-25-23(18)24)22-16-21(17-8-3-1-4-9-17)26-27(22)19-11-5-2-6-12-19/h1-15,22,28H,16H2/t22-/m0/s1. The van der Waals surface area contributed by atoms with Crippen LogP contribution in [0.2, 0.25) is 0 Å². The average Bonchev–Trinajstić information content (AvgIpc) is 3.21. The lowest BCUT2D eigenvalue weighted by atomic mass is 9.96. The summed E-state index contributed by atoms with van der Waals surface area (Å²) in [5.74, 6) is 0.230. The van der Waals surface area contributed by atoms with Crippen molar-refractivity contribution in [2.75, 3.05) is 5.01 Å². The Morgan fingerprint density at radius 3 is 2.36 bits per heavy atom. The second-order valence-corrected chi connectivity index (χ2v) is 6.89. The molecule has 2 heterocycles. The second kappa shape index (κ2) is 6.82. The Morgan fingerprint density at radius 2 is 1.57 bits per heavy atom. The van der Waals surface area contributed by atoms with E-state index in [2.05, 4.69) is 17.1 Å². The largest absolute Gasteiger partial charge is 0.505 e. The predicted octanol–water partition coefficient (Wildman–Crippen LogP) is 5.30. The molecule has 4 aromatic rings. The molecule has 0 unspecified atom stereocenters. The molecule has 0 fully saturated rings. The molecule has 5 rings (SSSR count). The highest BCUT2D eigenvalue weighted by molar-refractivity contribution is 6.03. The van der Waals surface area contributed by atoms with Crippen molar-refractivity contribution in [3.63, 3.8) is 0 Å². The third-order valence-electron chi connectivity index (χ3n) is 5.18. The maximum atomic E-state index is 11.0. The zero-order valence-electron chi connectivity index (χ0n) is 15.2. The lowest BCUT2D eigenvalue weighted by Gasteiger charge is -2.24. The van der Waals surface area contributed by atoms with Crippen molar-refractivity contribution in [2.45, 2.75) is 12.5 Å². The van der Waals surface area contributed by atoms with Gasteiger partial charge in [0, 0.05) is 23.6 Å². The Bertz CT molecular complexity index is 1160. The van der Waals surface area contributed by atoms with Gasteiger partial charge in [-0.1, -0.05) is 66.7 Å². The summed E-state index contributed by atoms with van der Waals surface area (Å²) in [4.78, 5) is 4.38. The van der Waals surface area contributed by atoms with Crippen molar-refractivity contribution in [3.8, 4) is 5.75 Å². The fourth-order valence-corrected chi connectivity index (χ4v) is 3.79. The number of anilines is 1. The summed E-state index contributed by atoms with van der Waals surface area (Å²) < 4.78 is 0. The Morgan fingerprint density at radius 1 is 0.821 bits per heavy atom. The van der Waals surface area contributed by atoms with Gasteiger partial charge in [0.05, 0.1) is 17.4 Å². The van der Waals surface area contributed by atoms with E-state index in [4.69, 9.17) is 5.10 Å². The first-order chi connectivity index (χ1) is 13.8. The van der Waals surface area contributed by atoms with E-state index >= 15 is 0 Å². The maximum absolute atomic E-state index is 11.0. The number of hydrogen-bond donors (Lipinski definition) is 1. The highest BCUT2D eigenvalue weighted by atomic mass is 16.3. The van der Waals surface area contributed by atoms with Crippen molar-refractivity contribution in [1.29, 1.82) is 0 Å². The first kappa shape index (κ1) is 16.5. The summed E-state index contributed by atoms with van der Waals surface area (Å²) in [6.45, 7) is 0. The van der Waals surface area contributed by atoms with Gasteiger partial charge < -0.3 is 5.11 Å². The van der Waals surface area contributed by atoms with E-state index in [1.165, 1.54) is 0 Å². The Hall–Kier alpha value is -3.66. The van der Waals surface area contributed by atoms with Gasteiger partial charge in [-0.25, -0.2) is 0 Å². The van der Waals surface area contributed by atoms with Crippen LogP contribution in [0, 0.1) is 0 Å². The van der Waals surface area contributed by atoms with Crippen molar-refractivity contribution in [3.05, 3.63) is 102 Å². The van der Waals surface area contributed by atoms with Gasteiger partial charge in [-0.15, -0.1) is 0 Å². The van der Waals surface area contributed by atoms with E-state index < -0.39 is 0 Å². The molecule has 0 radical (unpaired) electrons. The topological polar surface area (TPSA) is 48.7 Å². The lowest BCUT2D eigenvalue weighted by molar-refractivity contribution is 0.466. The number of aromatic nitrogens is 1. The van der Waals surface area contributed by atoms with Crippen molar-refractivity contribution in [2.24, 2.45) is 5.10 Å². The van der Waals surface area contributed by atoms with Crippen LogP contribution in [0.4, 0.5) is 5.69 Å². The van der Waals surface area contributed by atoms with E-state index in [0.29, 0.717) is 11.9 Å². The van der Waals surface area contributed by atoms with E-state index in [1.54, 1.807) is 6.20 Å². The van der Waals surface area contributed by atoms with E-state index in [9.17, 15) is 5.11 Å². The van der Waals surface area contributed by atoms with E-state index in [0.717, 1.165) is 27.9 Å². The number of hydrogen-bond acceptors (Lipinski definition) is 4. The first-order valence-electron chi connectivity index (χ1n) is 9.35. The van der Waals surface area contributed by atoms with Crippen LogP contribution in [-0.2, 0) is 0 Å². The molecule has 4 heteroatoms. The van der Waals surface area contributed by atoms with Gasteiger partial charge >= 0.3 is 0 Å². The van der Waals surface area contributed by atoms with E-state index in [-0.39, 0.29) is 11.8 Å². The summed E-state index contributed by atoms with van der Waals surface area (Å²) in [7, 11) is 0. The van der Waals surface area contributed by atoms with Gasteiger partial charge in [0.1, 0.15) is 11.3 Å². The Balaban J connectivity index is 1.63. The first-order valence-corrected chi connectivity index (χ1v) is 9.35. The second-order valence-electron chi connectivity index (χ2n) is 6.89. The van der Waals surface area contributed by atoms with Crippen molar-refractivity contribution < 1.29 is 5.11 Å². The smallest absolute Gasteiger partial charge is 0.147 e. The maximum Gasteiger partial charge on any atom is 0.147 e. The number of fused-ring (bicyclic) bond motifs is 1. The quantitative estimate of drug-likeness (QED) is 0.536. The molecule has 1 aliphatic heterocycles. The zero-order valence-corrected chi connectivity index (χ0v) is 15.2. The molecule has 1 aliphatic rings. The molecule has 0 amide bonds. The average molecular weight is 365 g/mol. The van der Waals surface area contributed by atoms with Gasteiger partial charge in [-0.05, 0) is 23.8 Å². The number of benzene rings is 3. The third kappa shape index (κ3) is 2.79. The molecule has 0 saturated carbocycles. The summed E-state index contributed by atoms with van der Waals surface area (Å²) >= 11 is 0. The molecule has 1 atom stereocenters. The van der Waals surface area contributed by atoms with Crippen LogP contribution < -0.4 is 5.01 Å². The molecule has 1 aromatic heterocycles.